The van der Waals surface area contributed by atoms with Gasteiger partial charge in [-0.15, -0.1) is 0 Å². The monoisotopic (exact) mass is 294 g/mol. The molecular weight excluding hydrogens is 272 g/mol. The number of carbonyl (C=O) groups is 1. The van der Waals surface area contributed by atoms with Crippen molar-refractivity contribution in [2.45, 2.75) is 32.6 Å². The van der Waals surface area contributed by atoms with Crippen molar-refractivity contribution in [1.82, 2.24) is 4.90 Å². The van der Waals surface area contributed by atoms with Gasteiger partial charge in [-0.1, -0.05) is 24.9 Å². The van der Waals surface area contributed by atoms with E-state index in [1.807, 2.05) is 12.1 Å². The third kappa shape index (κ3) is 4.80. The van der Waals surface area contributed by atoms with Crippen molar-refractivity contribution in [1.29, 1.82) is 0 Å². The summed E-state index contributed by atoms with van der Waals surface area (Å²) >= 11 is 5.82. The minimum atomic E-state index is 0.0749. The lowest BCUT2D eigenvalue weighted by atomic mass is 9.95. The first-order valence-electron chi connectivity index (χ1n) is 7.45. The SMILES string of the molecule is CCC1CCCN(CCC(=O)Nc2ccc(Cl)cc2)C1. The number of nitrogens with one attached hydrogen (secondary N) is 1. The van der Waals surface area contributed by atoms with Gasteiger partial charge >= 0.3 is 0 Å². The fourth-order valence-electron chi connectivity index (χ4n) is 2.70. The zero-order valence-corrected chi connectivity index (χ0v) is 12.8. The van der Waals surface area contributed by atoms with Crippen LogP contribution in [0.5, 0.6) is 0 Å². The van der Waals surface area contributed by atoms with Gasteiger partial charge in [0.25, 0.3) is 0 Å². The third-order valence-electron chi connectivity index (χ3n) is 3.96. The summed E-state index contributed by atoms with van der Waals surface area (Å²) in [5.74, 6) is 0.883. The molecule has 1 unspecified atom stereocenters. The van der Waals surface area contributed by atoms with E-state index >= 15 is 0 Å². The van der Waals surface area contributed by atoms with Crippen LogP contribution in [0.15, 0.2) is 24.3 Å². The highest BCUT2D eigenvalue weighted by atomic mass is 35.5. The van der Waals surface area contributed by atoms with Gasteiger partial charge in [-0.25, -0.2) is 0 Å². The lowest BCUT2D eigenvalue weighted by molar-refractivity contribution is -0.116. The van der Waals surface area contributed by atoms with Gasteiger partial charge < -0.3 is 10.2 Å². The Kier molecular flexibility index (Phi) is 5.86. The molecule has 1 saturated heterocycles. The molecule has 1 amide bonds. The van der Waals surface area contributed by atoms with Gasteiger partial charge in [-0.2, -0.15) is 0 Å². The summed E-state index contributed by atoms with van der Waals surface area (Å²) in [6, 6.07) is 7.23. The Bertz CT molecular complexity index is 433. The topological polar surface area (TPSA) is 32.3 Å². The predicted octanol–water partition coefficient (Wildman–Crippen LogP) is 3.79. The van der Waals surface area contributed by atoms with Crippen molar-refractivity contribution in [3.63, 3.8) is 0 Å². The van der Waals surface area contributed by atoms with E-state index in [0.717, 1.165) is 31.2 Å². The van der Waals surface area contributed by atoms with Crippen LogP contribution in [0.2, 0.25) is 5.02 Å². The van der Waals surface area contributed by atoms with Gasteiger partial charge in [0.05, 0.1) is 0 Å². The van der Waals surface area contributed by atoms with E-state index in [1.54, 1.807) is 12.1 Å². The second kappa shape index (κ2) is 7.65. The van der Waals surface area contributed by atoms with E-state index in [4.69, 9.17) is 11.6 Å². The molecule has 110 valence electrons. The molecule has 0 aromatic heterocycles. The van der Waals surface area contributed by atoms with E-state index in [-0.39, 0.29) is 5.91 Å². The van der Waals surface area contributed by atoms with Crippen molar-refractivity contribution >= 4 is 23.2 Å². The maximum atomic E-state index is 11.9. The van der Waals surface area contributed by atoms with Gasteiger partial charge in [0.15, 0.2) is 0 Å². The predicted molar refractivity (Wildman–Crippen MR) is 84.2 cm³/mol. The molecule has 4 heteroatoms. The highest BCUT2D eigenvalue weighted by Gasteiger charge is 2.18. The lowest BCUT2D eigenvalue weighted by Crippen LogP contribution is -2.37. The lowest BCUT2D eigenvalue weighted by Gasteiger charge is -2.31. The van der Waals surface area contributed by atoms with Crippen LogP contribution >= 0.6 is 11.6 Å². The van der Waals surface area contributed by atoms with E-state index in [2.05, 4.69) is 17.1 Å². The van der Waals surface area contributed by atoms with Gasteiger partial charge in [0.1, 0.15) is 0 Å². The summed E-state index contributed by atoms with van der Waals surface area (Å²) in [5.41, 5.74) is 0.810. The number of halogens is 1. The van der Waals surface area contributed by atoms with Crippen molar-refractivity contribution in [2.75, 3.05) is 25.0 Å². The Morgan fingerprint density at radius 1 is 1.40 bits per heavy atom. The van der Waals surface area contributed by atoms with Crippen LogP contribution in [0.4, 0.5) is 5.69 Å². The summed E-state index contributed by atoms with van der Waals surface area (Å²) in [6.07, 6.45) is 4.40. The fourth-order valence-corrected chi connectivity index (χ4v) is 2.83. The van der Waals surface area contributed by atoms with Crippen molar-refractivity contribution in [2.24, 2.45) is 5.92 Å². The largest absolute Gasteiger partial charge is 0.326 e. The number of nitrogens with zero attached hydrogens (tertiary/aromatic N) is 1. The second-order valence-corrected chi connectivity index (χ2v) is 5.96. The average molecular weight is 295 g/mol. The number of carbonyl (C=O) groups excluding carboxylic acids is 1. The maximum absolute atomic E-state index is 11.9. The van der Waals surface area contributed by atoms with Crippen LogP contribution in [-0.2, 0) is 4.79 Å². The van der Waals surface area contributed by atoms with Crippen LogP contribution < -0.4 is 5.32 Å². The second-order valence-electron chi connectivity index (χ2n) is 5.52. The standard InChI is InChI=1S/C16H23ClN2O/c1-2-13-4-3-10-19(12-13)11-9-16(20)18-15-7-5-14(17)6-8-15/h5-8,13H,2-4,9-12H2,1H3,(H,18,20). The number of likely N-dealkylation sites (tertiary alicyclic amines) is 1. The van der Waals surface area contributed by atoms with Crippen molar-refractivity contribution < 1.29 is 4.79 Å². The van der Waals surface area contributed by atoms with E-state index in [9.17, 15) is 4.79 Å². The molecule has 1 atom stereocenters. The smallest absolute Gasteiger partial charge is 0.225 e. The Labute approximate surface area is 126 Å². The zero-order valence-electron chi connectivity index (χ0n) is 12.1. The van der Waals surface area contributed by atoms with Crippen LogP contribution in [0.1, 0.15) is 32.6 Å². The van der Waals surface area contributed by atoms with Gasteiger partial charge in [0.2, 0.25) is 5.91 Å². The molecule has 1 aliphatic heterocycles. The van der Waals surface area contributed by atoms with Crippen molar-refractivity contribution in [3.05, 3.63) is 29.3 Å². The first kappa shape index (κ1) is 15.3. The number of amides is 1. The highest BCUT2D eigenvalue weighted by Crippen LogP contribution is 2.19. The maximum Gasteiger partial charge on any atom is 0.225 e. The van der Waals surface area contributed by atoms with E-state index < -0.39 is 0 Å². The molecule has 1 aromatic carbocycles. The summed E-state index contributed by atoms with van der Waals surface area (Å²) in [5, 5.41) is 3.59. The molecule has 3 nitrogen and oxygen atoms in total. The highest BCUT2D eigenvalue weighted by molar-refractivity contribution is 6.30. The number of anilines is 1. The minimum Gasteiger partial charge on any atom is -0.326 e. The number of rotatable bonds is 5. The number of benzene rings is 1. The molecular formula is C16H23ClN2O. The van der Waals surface area contributed by atoms with Crippen LogP contribution in [0.3, 0.4) is 0 Å². The molecule has 1 fully saturated rings. The number of hydrogen-bond acceptors (Lipinski definition) is 2. The molecule has 1 heterocycles. The first-order valence-corrected chi connectivity index (χ1v) is 7.83. The molecule has 20 heavy (non-hydrogen) atoms. The normalized spacial score (nSPS) is 19.8. The van der Waals surface area contributed by atoms with Crippen LogP contribution in [0, 0.1) is 5.92 Å². The average Bonchev–Trinajstić information content (AvgIpc) is 2.48. The zero-order chi connectivity index (χ0) is 14.4. The quantitative estimate of drug-likeness (QED) is 0.896. The summed E-state index contributed by atoms with van der Waals surface area (Å²) in [7, 11) is 0. The van der Waals surface area contributed by atoms with E-state index in [0.29, 0.717) is 11.4 Å². The Balaban J connectivity index is 1.73. The molecule has 1 N–H and O–H groups in total. The molecule has 0 saturated carbocycles. The van der Waals surface area contributed by atoms with Crippen molar-refractivity contribution in [3.8, 4) is 0 Å². The van der Waals surface area contributed by atoms with Gasteiger partial charge in [-0.05, 0) is 49.6 Å². The van der Waals surface area contributed by atoms with E-state index in [1.165, 1.54) is 19.3 Å². The molecule has 1 aromatic rings. The number of hydrogen-bond donors (Lipinski definition) is 1. The summed E-state index contributed by atoms with van der Waals surface area (Å²) < 4.78 is 0. The van der Waals surface area contributed by atoms with Gasteiger partial charge in [0, 0.05) is 30.2 Å². The van der Waals surface area contributed by atoms with Gasteiger partial charge in [-0.3, -0.25) is 4.79 Å². The van der Waals surface area contributed by atoms with Crippen LogP contribution in [0.25, 0.3) is 0 Å². The fraction of sp³-hybridized carbons (Fsp3) is 0.562. The molecule has 1 aliphatic rings. The Morgan fingerprint density at radius 2 is 2.15 bits per heavy atom. The number of piperidine rings is 1. The van der Waals surface area contributed by atoms with Crippen LogP contribution in [-0.4, -0.2) is 30.4 Å². The molecule has 0 spiro atoms. The summed E-state index contributed by atoms with van der Waals surface area (Å²) in [6.45, 7) is 5.38. The summed E-state index contributed by atoms with van der Waals surface area (Å²) in [4.78, 5) is 14.3. The Morgan fingerprint density at radius 3 is 2.85 bits per heavy atom. The first-order chi connectivity index (χ1) is 9.67. The molecule has 0 radical (unpaired) electrons. The molecule has 0 aliphatic carbocycles. The molecule has 2 rings (SSSR count). The molecule has 0 bridgehead atoms. The Hall–Kier alpha value is -1.06. The minimum absolute atomic E-state index is 0.0749. The third-order valence-corrected chi connectivity index (χ3v) is 4.22.